The third kappa shape index (κ3) is 3.63. The number of H-pyrrole nitrogens is 1. The molecule has 0 fully saturated rings. The minimum Gasteiger partial charge on any atom is -0.497 e. The van der Waals surface area contributed by atoms with Crippen LogP contribution in [0.1, 0.15) is 4.88 Å². The van der Waals surface area contributed by atoms with E-state index in [4.69, 9.17) is 4.74 Å². The molecule has 1 aliphatic rings. The van der Waals surface area contributed by atoms with E-state index in [0.29, 0.717) is 33.1 Å². The number of hydrogen-bond acceptors (Lipinski definition) is 5. The summed E-state index contributed by atoms with van der Waals surface area (Å²) in [5, 5.41) is 4.35. The summed E-state index contributed by atoms with van der Waals surface area (Å²) >= 11 is 0.959. The van der Waals surface area contributed by atoms with Gasteiger partial charge in [-0.15, -0.1) is 0 Å². The Bertz CT molecular complexity index is 1270. The van der Waals surface area contributed by atoms with Gasteiger partial charge in [-0.2, -0.15) is 0 Å². The van der Waals surface area contributed by atoms with Crippen molar-refractivity contribution in [2.24, 2.45) is 4.99 Å². The number of aromatic nitrogens is 1. The average Bonchev–Trinajstić information content (AvgIpc) is 3.02. The second kappa shape index (κ2) is 7.24. The van der Waals surface area contributed by atoms with Crippen molar-refractivity contribution in [3.63, 3.8) is 0 Å². The van der Waals surface area contributed by atoms with E-state index in [1.165, 1.54) is 12.1 Å². The van der Waals surface area contributed by atoms with E-state index in [9.17, 15) is 14.0 Å². The summed E-state index contributed by atoms with van der Waals surface area (Å²) in [6, 6.07) is 11.0. The van der Waals surface area contributed by atoms with Gasteiger partial charge in [-0.3, -0.25) is 14.6 Å². The molecule has 6 nitrogen and oxygen atoms in total. The maximum Gasteiger partial charge on any atom is 0.306 e. The number of anilines is 2. The van der Waals surface area contributed by atoms with Crippen LogP contribution in [-0.2, 0) is 4.79 Å². The van der Waals surface area contributed by atoms with E-state index in [0.717, 1.165) is 16.6 Å². The van der Waals surface area contributed by atoms with Crippen molar-refractivity contribution in [1.29, 1.82) is 0 Å². The third-order valence-corrected chi connectivity index (χ3v) is 4.92. The molecule has 1 aliphatic heterocycles. The van der Waals surface area contributed by atoms with Gasteiger partial charge in [-0.1, -0.05) is 11.3 Å². The van der Waals surface area contributed by atoms with Crippen LogP contribution in [0.3, 0.4) is 0 Å². The lowest BCUT2D eigenvalue weighted by molar-refractivity contribution is -0.114. The Labute approximate surface area is 162 Å². The first kappa shape index (κ1) is 17.9. The number of nitrogens with zero attached hydrogens (tertiary/aromatic N) is 1. The van der Waals surface area contributed by atoms with Crippen molar-refractivity contribution in [2.75, 3.05) is 12.4 Å². The van der Waals surface area contributed by atoms with Crippen LogP contribution in [0.15, 0.2) is 57.8 Å². The quantitative estimate of drug-likeness (QED) is 0.665. The predicted octanol–water partition coefficient (Wildman–Crippen LogP) is 2.35. The van der Waals surface area contributed by atoms with E-state index in [2.05, 4.69) is 15.3 Å². The summed E-state index contributed by atoms with van der Waals surface area (Å²) in [6.07, 6.45) is 3.31. The van der Waals surface area contributed by atoms with Gasteiger partial charge in [0.2, 0.25) is 0 Å². The number of nitrogens with one attached hydrogen (secondary N) is 2. The van der Waals surface area contributed by atoms with Crippen LogP contribution in [0.4, 0.5) is 15.9 Å². The molecule has 0 aliphatic carbocycles. The van der Waals surface area contributed by atoms with Crippen molar-refractivity contribution < 1.29 is 13.9 Å². The molecule has 2 N–H and O–H groups in total. The van der Waals surface area contributed by atoms with Gasteiger partial charge in [0.15, 0.2) is 0 Å². The van der Waals surface area contributed by atoms with Crippen LogP contribution < -0.4 is 25.5 Å². The normalized spacial score (nSPS) is 14.2. The highest BCUT2D eigenvalue weighted by atomic mass is 32.1. The highest BCUT2D eigenvalue weighted by molar-refractivity contribution is 7.10. The number of halogens is 1. The average molecular weight is 395 g/mol. The Morgan fingerprint density at radius 2 is 1.96 bits per heavy atom. The van der Waals surface area contributed by atoms with Crippen LogP contribution in [0.5, 0.6) is 5.75 Å². The molecule has 1 amide bonds. The summed E-state index contributed by atoms with van der Waals surface area (Å²) in [6.45, 7) is 0. The van der Waals surface area contributed by atoms with Crippen molar-refractivity contribution >= 4 is 40.9 Å². The highest BCUT2D eigenvalue weighted by Crippen LogP contribution is 2.24. The lowest BCUT2D eigenvalue weighted by atomic mass is 10.1. The molecule has 2 aromatic carbocycles. The van der Waals surface area contributed by atoms with Gasteiger partial charge in [0.05, 0.1) is 17.3 Å². The van der Waals surface area contributed by atoms with Crippen LogP contribution >= 0.6 is 11.3 Å². The molecule has 0 spiro atoms. The molecule has 28 heavy (non-hydrogen) atoms. The smallest absolute Gasteiger partial charge is 0.306 e. The summed E-state index contributed by atoms with van der Waals surface area (Å²) < 4.78 is 18.3. The number of hydrogen-bond donors (Lipinski definition) is 2. The third-order valence-electron chi connectivity index (χ3n) is 4.09. The van der Waals surface area contributed by atoms with Gasteiger partial charge in [0.1, 0.15) is 17.4 Å². The number of carbonyl (C=O) groups excluding carboxylic acids is 1. The molecule has 0 radical (unpaired) electrons. The summed E-state index contributed by atoms with van der Waals surface area (Å²) in [5.41, 5.74) is 0.951. The Balaban J connectivity index is 1.74. The highest BCUT2D eigenvalue weighted by Gasteiger charge is 2.14. The largest absolute Gasteiger partial charge is 0.497 e. The molecule has 3 aromatic rings. The van der Waals surface area contributed by atoms with Crippen LogP contribution in [-0.4, -0.2) is 18.0 Å². The summed E-state index contributed by atoms with van der Waals surface area (Å²) in [7, 11) is 1.56. The molecule has 1 aromatic heterocycles. The Morgan fingerprint density at radius 3 is 2.71 bits per heavy atom. The van der Waals surface area contributed by atoms with Crippen molar-refractivity contribution in [3.8, 4) is 5.75 Å². The number of benzene rings is 2. The first-order valence-corrected chi connectivity index (χ1v) is 9.10. The van der Waals surface area contributed by atoms with E-state index in [1.807, 2.05) is 0 Å². The molecular formula is C20H14FN3O3S. The Morgan fingerprint density at radius 1 is 1.18 bits per heavy atom. The molecule has 0 atom stereocenters. The van der Waals surface area contributed by atoms with Gasteiger partial charge in [-0.05, 0) is 54.6 Å². The molecular weight excluding hydrogens is 381 g/mol. The number of thiazole rings is 1. The van der Waals surface area contributed by atoms with Gasteiger partial charge in [0.25, 0.3) is 5.91 Å². The monoisotopic (exact) mass is 395 g/mol. The second-order valence-corrected chi connectivity index (χ2v) is 6.99. The number of amides is 1. The Kier molecular flexibility index (Phi) is 4.62. The minimum atomic E-state index is -0.397. The molecule has 8 heteroatoms. The predicted molar refractivity (Wildman–Crippen MR) is 106 cm³/mol. The van der Waals surface area contributed by atoms with E-state index in [-0.39, 0.29) is 10.7 Å². The number of fused-ring (bicyclic) bond motifs is 1. The summed E-state index contributed by atoms with van der Waals surface area (Å²) in [5.74, 6) is 0.326. The molecule has 4 rings (SSSR count). The molecule has 0 saturated carbocycles. The molecule has 140 valence electrons. The van der Waals surface area contributed by atoms with Crippen LogP contribution in [0, 0.1) is 5.82 Å². The van der Waals surface area contributed by atoms with E-state index < -0.39 is 5.91 Å². The van der Waals surface area contributed by atoms with E-state index in [1.54, 1.807) is 49.6 Å². The number of rotatable bonds is 4. The number of ether oxygens (including phenoxy) is 1. The van der Waals surface area contributed by atoms with Gasteiger partial charge in [-0.25, -0.2) is 9.38 Å². The molecule has 0 bridgehead atoms. The van der Waals surface area contributed by atoms with Crippen LogP contribution in [0.25, 0.3) is 12.2 Å². The SMILES string of the molecule is COc1ccc2c(c1)=C/C(=C/c1sc(=O)[nH]c1Nc1ccc(F)cc1)C(=O)N=2. The molecule has 0 saturated heterocycles. The number of carbonyl (C=O) groups is 1. The van der Waals surface area contributed by atoms with Crippen molar-refractivity contribution in [3.05, 3.63) is 79.0 Å². The van der Waals surface area contributed by atoms with Crippen LogP contribution in [0.2, 0.25) is 0 Å². The lowest BCUT2D eigenvalue weighted by Gasteiger charge is -2.07. The van der Waals surface area contributed by atoms with Crippen molar-refractivity contribution in [1.82, 2.24) is 4.98 Å². The molecule has 2 heterocycles. The zero-order valence-corrected chi connectivity index (χ0v) is 15.5. The van der Waals surface area contributed by atoms with Gasteiger partial charge < -0.3 is 10.1 Å². The zero-order chi connectivity index (χ0) is 19.7. The second-order valence-electron chi connectivity index (χ2n) is 5.97. The fourth-order valence-electron chi connectivity index (χ4n) is 2.74. The first-order valence-electron chi connectivity index (χ1n) is 8.28. The number of aromatic amines is 1. The zero-order valence-electron chi connectivity index (χ0n) is 14.7. The standard InChI is InChI=1S/C20H14FN3O3S/c1-27-15-6-7-16-11(9-15)8-12(19(25)23-16)10-17-18(24-20(26)28-17)22-14-4-2-13(21)3-5-14/h2-10,22H,1H3,(H,24,26)/b12-10-. The van der Waals surface area contributed by atoms with Gasteiger partial charge >= 0.3 is 4.87 Å². The first-order chi connectivity index (χ1) is 13.5. The maximum atomic E-state index is 13.1. The maximum absolute atomic E-state index is 13.1. The minimum absolute atomic E-state index is 0.279. The fraction of sp³-hybridized carbons (Fsp3) is 0.0500. The van der Waals surface area contributed by atoms with Crippen molar-refractivity contribution in [2.45, 2.75) is 0 Å². The lowest BCUT2D eigenvalue weighted by Crippen LogP contribution is -2.30. The fourth-order valence-corrected chi connectivity index (χ4v) is 3.48. The summed E-state index contributed by atoms with van der Waals surface area (Å²) in [4.78, 5) is 31.3. The topological polar surface area (TPSA) is 83.5 Å². The Hall–Kier alpha value is -3.52. The van der Waals surface area contributed by atoms with E-state index >= 15 is 0 Å². The molecule has 0 unspecified atom stereocenters. The number of methoxy groups -OCH3 is 1. The van der Waals surface area contributed by atoms with Gasteiger partial charge in [0, 0.05) is 16.5 Å².